The normalized spacial score (nSPS) is 20.5. The van der Waals surface area contributed by atoms with Gasteiger partial charge >= 0.3 is 6.03 Å². The van der Waals surface area contributed by atoms with Gasteiger partial charge in [0.05, 0.1) is 19.0 Å². The Morgan fingerprint density at radius 3 is 2.18 bits per heavy atom. The van der Waals surface area contributed by atoms with Crippen molar-refractivity contribution in [3.8, 4) is 5.75 Å². The molecule has 3 heterocycles. The zero-order valence-corrected chi connectivity index (χ0v) is 25.8. The number of nitrogens with one attached hydrogen (secondary N) is 2. The summed E-state index contributed by atoms with van der Waals surface area (Å²) in [4.78, 5) is 18.5. The SMILES string of the molecule is CCC(C)NC(=O)Nc1ccc(N2CCN(c3ccc(OC[C@@H]4CO[C@@](Cn5nccn5)(c5ccccc5)O4)cc3)CC2)cc1. The summed E-state index contributed by atoms with van der Waals surface area (Å²) in [5, 5.41) is 14.3. The zero-order valence-electron chi connectivity index (χ0n) is 25.8. The van der Waals surface area contributed by atoms with Crippen molar-refractivity contribution < 1.29 is 19.0 Å². The predicted molar refractivity (Wildman–Crippen MR) is 174 cm³/mol. The summed E-state index contributed by atoms with van der Waals surface area (Å²) >= 11 is 0. The van der Waals surface area contributed by atoms with Crippen LogP contribution in [0.5, 0.6) is 5.75 Å². The monoisotopic (exact) mass is 611 g/mol. The quantitative estimate of drug-likeness (QED) is 0.248. The van der Waals surface area contributed by atoms with Gasteiger partial charge in [0.2, 0.25) is 5.79 Å². The van der Waals surface area contributed by atoms with Gasteiger partial charge in [0.15, 0.2) is 0 Å². The molecule has 236 valence electrons. The molecule has 3 atom stereocenters. The van der Waals surface area contributed by atoms with Gasteiger partial charge in [-0.25, -0.2) is 4.79 Å². The molecule has 0 aliphatic carbocycles. The van der Waals surface area contributed by atoms with Crippen molar-refractivity contribution in [3.63, 3.8) is 0 Å². The third kappa shape index (κ3) is 7.55. The number of nitrogens with zero attached hydrogens (tertiary/aromatic N) is 5. The number of hydrogen-bond acceptors (Lipinski definition) is 8. The van der Waals surface area contributed by atoms with Crippen molar-refractivity contribution in [1.29, 1.82) is 0 Å². The van der Waals surface area contributed by atoms with Crippen LogP contribution < -0.4 is 25.2 Å². The molecule has 11 heteroatoms. The molecule has 0 saturated carbocycles. The number of amides is 2. The molecule has 6 rings (SSSR count). The maximum Gasteiger partial charge on any atom is 0.319 e. The van der Waals surface area contributed by atoms with Crippen LogP contribution in [0, 0.1) is 0 Å². The molecular formula is C34H41N7O4. The lowest BCUT2D eigenvalue weighted by Crippen LogP contribution is -2.46. The number of ether oxygens (including phenoxy) is 3. The Morgan fingerprint density at radius 1 is 0.933 bits per heavy atom. The van der Waals surface area contributed by atoms with Crippen molar-refractivity contribution in [2.45, 2.75) is 44.7 Å². The van der Waals surface area contributed by atoms with Crippen LogP contribution in [0.3, 0.4) is 0 Å². The van der Waals surface area contributed by atoms with Crippen LogP contribution >= 0.6 is 0 Å². The van der Waals surface area contributed by atoms with Crippen molar-refractivity contribution in [1.82, 2.24) is 20.3 Å². The average molecular weight is 612 g/mol. The summed E-state index contributed by atoms with van der Waals surface area (Å²) in [5.41, 5.74) is 4.03. The third-order valence-electron chi connectivity index (χ3n) is 8.29. The molecule has 3 aromatic carbocycles. The van der Waals surface area contributed by atoms with E-state index in [2.05, 4.69) is 54.9 Å². The van der Waals surface area contributed by atoms with Gasteiger partial charge in [0.1, 0.15) is 25.0 Å². The second-order valence-corrected chi connectivity index (χ2v) is 11.5. The van der Waals surface area contributed by atoms with E-state index in [1.165, 1.54) is 5.69 Å². The summed E-state index contributed by atoms with van der Waals surface area (Å²) < 4.78 is 18.8. The lowest BCUT2D eigenvalue weighted by molar-refractivity contribution is -0.192. The van der Waals surface area contributed by atoms with Crippen molar-refractivity contribution in [2.75, 3.05) is 54.5 Å². The maximum absolute atomic E-state index is 12.1. The summed E-state index contributed by atoms with van der Waals surface area (Å²) in [5.74, 6) is -0.179. The smallest absolute Gasteiger partial charge is 0.319 e. The fourth-order valence-electron chi connectivity index (χ4n) is 5.59. The summed E-state index contributed by atoms with van der Waals surface area (Å²) in [6.45, 7) is 8.82. The molecule has 0 spiro atoms. The molecule has 11 nitrogen and oxygen atoms in total. The predicted octanol–water partition coefficient (Wildman–Crippen LogP) is 4.87. The number of piperazine rings is 1. The second kappa shape index (κ2) is 14.0. The van der Waals surface area contributed by atoms with E-state index in [-0.39, 0.29) is 18.2 Å². The van der Waals surface area contributed by atoms with Crippen LogP contribution in [0.2, 0.25) is 0 Å². The van der Waals surface area contributed by atoms with Gasteiger partial charge < -0.3 is 34.6 Å². The Bertz CT molecular complexity index is 1490. The molecule has 45 heavy (non-hydrogen) atoms. The van der Waals surface area contributed by atoms with E-state index in [0.29, 0.717) is 19.8 Å². The lowest BCUT2D eigenvalue weighted by Gasteiger charge is -2.37. The Morgan fingerprint density at radius 2 is 1.56 bits per heavy atom. The summed E-state index contributed by atoms with van der Waals surface area (Å²) in [6, 6.07) is 26.2. The first kappa shape index (κ1) is 30.4. The summed E-state index contributed by atoms with van der Waals surface area (Å²) in [7, 11) is 0. The number of urea groups is 1. The van der Waals surface area contributed by atoms with E-state index in [1.807, 2.05) is 68.4 Å². The van der Waals surface area contributed by atoms with E-state index >= 15 is 0 Å². The fourth-order valence-corrected chi connectivity index (χ4v) is 5.59. The third-order valence-corrected chi connectivity index (χ3v) is 8.29. The highest BCUT2D eigenvalue weighted by Gasteiger charge is 2.44. The zero-order chi connectivity index (χ0) is 31.1. The average Bonchev–Trinajstić information content (AvgIpc) is 3.75. The minimum atomic E-state index is -0.969. The van der Waals surface area contributed by atoms with E-state index in [0.717, 1.165) is 55.3 Å². The number of aromatic nitrogens is 3. The van der Waals surface area contributed by atoms with Crippen LogP contribution in [0.15, 0.2) is 91.3 Å². The molecule has 1 aromatic heterocycles. The molecule has 2 aliphatic rings. The minimum absolute atomic E-state index is 0.143. The van der Waals surface area contributed by atoms with Gasteiger partial charge in [-0.2, -0.15) is 15.0 Å². The van der Waals surface area contributed by atoms with Crippen molar-refractivity contribution >= 4 is 23.1 Å². The number of hydrogen-bond donors (Lipinski definition) is 2. The van der Waals surface area contributed by atoms with Crippen molar-refractivity contribution in [3.05, 3.63) is 96.8 Å². The van der Waals surface area contributed by atoms with Crippen LogP contribution in [0.1, 0.15) is 25.8 Å². The molecule has 1 unspecified atom stereocenters. The van der Waals surface area contributed by atoms with Crippen LogP contribution in [0.25, 0.3) is 0 Å². The maximum atomic E-state index is 12.1. The standard InChI is InChI=1S/C34H41N7O4/c1-3-26(2)37-33(42)38-28-9-11-29(12-10-28)39-19-21-40(22-20-39)30-13-15-31(16-14-30)43-23-32-24-44-34(45-32,25-41-35-17-18-36-41)27-7-5-4-6-8-27/h4-18,26,32H,3,19-25H2,1-2H3,(H2,37,38,42)/t26?,32-,34-/m1/s1. The lowest BCUT2D eigenvalue weighted by atomic mass is 10.1. The van der Waals surface area contributed by atoms with E-state index < -0.39 is 5.79 Å². The van der Waals surface area contributed by atoms with Gasteiger partial charge in [-0.3, -0.25) is 0 Å². The van der Waals surface area contributed by atoms with E-state index in [9.17, 15) is 4.79 Å². The Hall–Kier alpha value is -4.61. The fraction of sp³-hybridized carbons (Fsp3) is 0.382. The molecule has 4 aromatic rings. The summed E-state index contributed by atoms with van der Waals surface area (Å²) in [6.07, 6.45) is 3.95. The van der Waals surface area contributed by atoms with Gasteiger partial charge in [0.25, 0.3) is 0 Å². The highest BCUT2D eigenvalue weighted by Crippen LogP contribution is 2.36. The molecule has 0 bridgehead atoms. The van der Waals surface area contributed by atoms with Crippen LogP contribution in [-0.4, -0.2) is 72.6 Å². The topological polar surface area (TPSA) is 106 Å². The molecule has 2 saturated heterocycles. The Labute approximate surface area is 264 Å². The molecule has 2 N–H and O–H groups in total. The number of carbonyl (C=O) groups excluding carboxylic acids is 1. The van der Waals surface area contributed by atoms with Crippen LogP contribution in [0.4, 0.5) is 21.9 Å². The number of benzene rings is 3. The van der Waals surface area contributed by atoms with Gasteiger partial charge in [-0.1, -0.05) is 37.3 Å². The van der Waals surface area contributed by atoms with Gasteiger partial charge in [-0.05, 0) is 61.9 Å². The second-order valence-electron chi connectivity index (χ2n) is 11.5. The largest absolute Gasteiger partial charge is 0.491 e. The van der Waals surface area contributed by atoms with Crippen molar-refractivity contribution in [2.24, 2.45) is 0 Å². The molecule has 2 amide bonds. The molecule has 0 radical (unpaired) electrons. The molecule has 2 fully saturated rings. The number of rotatable bonds is 11. The molecule has 2 aliphatic heterocycles. The first-order chi connectivity index (χ1) is 22.0. The van der Waals surface area contributed by atoms with E-state index in [4.69, 9.17) is 14.2 Å². The first-order valence-electron chi connectivity index (χ1n) is 15.6. The first-order valence-corrected chi connectivity index (χ1v) is 15.6. The number of carbonyl (C=O) groups is 1. The van der Waals surface area contributed by atoms with Gasteiger partial charge in [0, 0.05) is 54.8 Å². The Balaban J connectivity index is 0.976. The Kier molecular flexibility index (Phi) is 9.46. The van der Waals surface area contributed by atoms with Crippen LogP contribution in [-0.2, 0) is 21.8 Å². The molecular weight excluding hydrogens is 570 g/mol. The highest BCUT2D eigenvalue weighted by atomic mass is 16.8. The van der Waals surface area contributed by atoms with Gasteiger partial charge in [-0.15, -0.1) is 0 Å². The minimum Gasteiger partial charge on any atom is -0.491 e. The van der Waals surface area contributed by atoms with E-state index in [1.54, 1.807) is 17.2 Å². The number of anilines is 3. The highest BCUT2D eigenvalue weighted by molar-refractivity contribution is 5.89.